The summed E-state index contributed by atoms with van der Waals surface area (Å²) < 4.78 is 5.10. The zero-order chi connectivity index (χ0) is 18.1. The average molecular weight is 334 g/mol. The van der Waals surface area contributed by atoms with Gasteiger partial charge in [0.15, 0.2) is 11.6 Å². The van der Waals surface area contributed by atoms with Crippen LogP contribution in [0.15, 0.2) is 73.2 Å². The molecule has 0 aliphatic heterocycles. The van der Waals surface area contributed by atoms with Crippen molar-refractivity contribution in [3.8, 4) is 0 Å². The highest BCUT2D eigenvalue weighted by Gasteiger charge is 2.02. The van der Waals surface area contributed by atoms with E-state index in [2.05, 4.69) is 13.8 Å². The molecule has 0 saturated heterocycles. The minimum atomic E-state index is -0.141. The maximum atomic E-state index is 12.0. The Morgan fingerprint density at radius 2 is 1.08 bits per heavy atom. The summed E-state index contributed by atoms with van der Waals surface area (Å²) in [6.45, 7) is 4.13. The topological polar surface area (TPSA) is 43.4 Å². The van der Waals surface area contributed by atoms with Crippen LogP contribution in [0.2, 0.25) is 0 Å². The van der Waals surface area contributed by atoms with E-state index in [-0.39, 0.29) is 11.6 Å². The fourth-order valence-electron chi connectivity index (χ4n) is 2.25. The van der Waals surface area contributed by atoms with Crippen molar-refractivity contribution in [2.24, 2.45) is 0 Å². The van der Waals surface area contributed by atoms with Crippen LogP contribution in [0.3, 0.4) is 0 Å². The number of hydrogen-bond donors (Lipinski definition) is 0. The van der Waals surface area contributed by atoms with Crippen molar-refractivity contribution in [2.45, 2.75) is 26.7 Å². The molecule has 0 radical (unpaired) electrons. The molecule has 25 heavy (non-hydrogen) atoms. The van der Waals surface area contributed by atoms with Gasteiger partial charge in [-0.2, -0.15) is 0 Å². The van der Waals surface area contributed by atoms with Crippen LogP contribution in [0, 0.1) is 0 Å². The summed E-state index contributed by atoms with van der Waals surface area (Å²) >= 11 is 0. The second kappa shape index (κ2) is 9.38. The highest BCUT2D eigenvalue weighted by molar-refractivity contribution is 6.05. The third-order valence-corrected chi connectivity index (χ3v) is 3.89. The average Bonchev–Trinajstić information content (AvgIpc) is 2.67. The van der Waals surface area contributed by atoms with Gasteiger partial charge < -0.3 is 4.74 Å². The zero-order valence-corrected chi connectivity index (χ0v) is 14.6. The molecule has 0 aliphatic carbocycles. The molecule has 0 N–H and O–H groups in total. The first-order valence-corrected chi connectivity index (χ1v) is 8.39. The number of rotatable bonds is 8. The first-order valence-electron chi connectivity index (χ1n) is 8.39. The number of ether oxygens (including phenoxy) is 1. The van der Waals surface area contributed by atoms with Crippen LogP contribution in [-0.4, -0.2) is 11.6 Å². The van der Waals surface area contributed by atoms with Crippen molar-refractivity contribution < 1.29 is 14.3 Å². The van der Waals surface area contributed by atoms with Crippen LogP contribution in [0.1, 0.15) is 45.7 Å². The van der Waals surface area contributed by atoms with Crippen LogP contribution in [0.25, 0.3) is 0 Å². The van der Waals surface area contributed by atoms with Crippen molar-refractivity contribution in [3.63, 3.8) is 0 Å². The van der Waals surface area contributed by atoms with Crippen molar-refractivity contribution in [1.29, 1.82) is 0 Å². The molecule has 0 atom stereocenters. The molecule has 0 bridgehead atoms. The van der Waals surface area contributed by atoms with Gasteiger partial charge in [0.2, 0.25) is 0 Å². The molecule has 2 aromatic carbocycles. The summed E-state index contributed by atoms with van der Waals surface area (Å²) in [5, 5.41) is 0. The summed E-state index contributed by atoms with van der Waals surface area (Å²) in [5.41, 5.74) is 3.58. The SMILES string of the molecule is CCc1ccc(C(=O)/C=C\O/C=C/C(=O)c2ccc(CC)cc2)cc1. The molecule has 0 heterocycles. The Bertz CT molecular complexity index is 698. The monoisotopic (exact) mass is 334 g/mol. The van der Waals surface area contributed by atoms with E-state index in [1.54, 1.807) is 24.3 Å². The summed E-state index contributed by atoms with van der Waals surface area (Å²) in [7, 11) is 0. The summed E-state index contributed by atoms with van der Waals surface area (Å²) in [6, 6.07) is 14.9. The predicted molar refractivity (Wildman–Crippen MR) is 99.7 cm³/mol. The third-order valence-electron chi connectivity index (χ3n) is 3.89. The van der Waals surface area contributed by atoms with E-state index in [4.69, 9.17) is 4.74 Å². The number of carbonyl (C=O) groups is 2. The predicted octanol–water partition coefficient (Wildman–Crippen LogP) is 4.92. The maximum absolute atomic E-state index is 12.0. The maximum Gasteiger partial charge on any atom is 0.188 e. The Hall–Kier alpha value is -2.94. The molecular formula is C22H22O3. The standard InChI is InChI=1S/C22H22O3/c1-3-17-5-9-19(10-6-17)21(23)13-15-25-16-14-22(24)20-11-7-18(4-2)8-12-20/h5-16H,3-4H2,1-2H3/b15-13-,16-14+. The number of ketones is 2. The van der Waals surface area contributed by atoms with Crippen molar-refractivity contribution in [2.75, 3.05) is 0 Å². The lowest BCUT2D eigenvalue weighted by Crippen LogP contribution is -1.95. The minimum Gasteiger partial charge on any atom is -0.472 e. The summed E-state index contributed by atoms with van der Waals surface area (Å²) in [4.78, 5) is 23.9. The normalized spacial score (nSPS) is 11.1. The fraction of sp³-hybridized carbons (Fsp3) is 0.182. The van der Waals surface area contributed by atoms with E-state index in [1.807, 2.05) is 24.3 Å². The molecule has 0 unspecified atom stereocenters. The molecule has 0 saturated carbocycles. The molecule has 2 aromatic rings. The third kappa shape index (κ3) is 5.57. The van der Waals surface area contributed by atoms with E-state index in [9.17, 15) is 9.59 Å². The van der Waals surface area contributed by atoms with Gasteiger partial charge in [-0.3, -0.25) is 9.59 Å². The molecule has 0 amide bonds. The number of allylic oxidation sites excluding steroid dienone is 2. The van der Waals surface area contributed by atoms with Crippen LogP contribution >= 0.6 is 0 Å². The van der Waals surface area contributed by atoms with Gasteiger partial charge in [-0.1, -0.05) is 62.4 Å². The highest BCUT2D eigenvalue weighted by Crippen LogP contribution is 2.08. The van der Waals surface area contributed by atoms with Gasteiger partial charge in [0, 0.05) is 23.3 Å². The Balaban J connectivity index is 1.85. The lowest BCUT2D eigenvalue weighted by Gasteiger charge is -1.99. The van der Waals surface area contributed by atoms with Crippen LogP contribution in [0.5, 0.6) is 0 Å². The van der Waals surface area contributed by atoms with E-state index >= 15 is 0 Å². The molecule has 3 nitrogen and oxygen atoms in total. The van der Waals surface area contributed by atoms with E-state index in [0.29, 0.717) is 11.1 Å². The zero-order valence-electron chi connectivity index (χ0n) is 14.6. The van der Waals surface area contributed by atoms with Crippen LogP contribution in [0.4, 0.5) is 0 Å². The lowest BCUT2D eigenvalue weighted by molar-refractivity contribution is 0.103. The molecular weight excluding hydrogens is 312 g/mol. The summed E-state index contributed by atoms with van der Waals surface area (Å²) in [5.74, 6) is -0.282. The quantitative estimate of drug-likeness (QED) is 0.391. The van der Waals surface area contributed by atoms with Gasteiger partial charge >= 0.3 is 0 Å². The van der Waals surface area contributed by atoms with Gasteiger partial charge in [0.1, 0.15) is 0 Å². The lowest BCUT2D eigenvalue weighted by atomic mass is 10.1. The van der Waals surface area contributed by atoms with Crippen molar-refractivity contribution >= 4 is 11.6 Å². The second-order valence-electron chi connectivity index (χ2n) is 5.57. The minimum absolute atomic E-state index is 0.141. The molecule has 2 rings (SSSR count). The second-order valence-corrected chi connectivity index (χ2v) is 5.57. The van der Waals surface area contributed by atoms with Crippen LogP contribution in [-0.2, 0) is 17.6 Å². The molecule has 0 fully saturated rings. The van der Waals surface area contributed by atoms with E-state index in [0.717, 1.165) is 12.8 Å². The van der Waals surface area contributed by atoms with Gasteiger partial charge in [0.05, 0.1) is 12.5 Å². The Morgan fingerprint density at radius 3 is 1.40 bits per heavy atom. The number of aryl methyl sites for hydroxylation is 2. The van der Waals surface area contributed by atoms with Gasteiger partial charge in [-0.15, -0.1) is 0 Å². The number of benzene rings is 2. The highest BCUT2D eigenvalue weighted by atomic mass is 16.5. The Morgan fingerprint density at radius 1 is 0.720 bits per heavy atom. The van der Waals surface area contributed by atoms with Gasteiger partial charge in [-0.25, -0.2) is 0 Å². The molecule has 0 aliphatic rings. The van der Waals surface area contributed by atoms with E-state index in [1.165, 1.54) is 35.8 Å². The van der Waals surface area contributed by atoms with Crippen LogP contribution < -0.4 is 0 Å². The molecule has 128 valence electrons. The molecule has 0 spiro atoms. The van der Waals surface area contributed by atoms with Gasteiger partial charge in [-0.05, 0) is 24.0 Å². The number of hydrogen-bond acceptors (Lipinski definition) is 3. The summed E-state index contributed by atoms with van der Waals surface area (Å²) in [6.07, 6.45) is 7.11. The fourth-order valence-corrected chi connectivity index (χ4v) is 2.25. The Kier molecular flexibility index (Phi) is 6.90. The smallest absolute Gasteiger partial charge is 0.188 e. The largest absolute Gasteiger partial charge is 0.472 e. The molecule has 0 aromatic heterocycles. The number of carbonyl (C=O) groups excluding carboxylic acids is 2. The first-order chi connectivity index (χ1) is 12.1. The van der Waals surface area contributed by atoms with Gasteiger partial charge in [0.25, 0.3) is 0 Å². The molecule has 3 heteroatoms. The first kappa shape index (κ1) is 18.4. The van der Waals surface area contributed by atoms with Crippen molar-refractivity contribution in [1.82, 2.24) is 0 Å². The van der Waals surface area contributed by atoms with E-state index < -0.39 is 0 Å². The van der Waals surface area contributed by atoms with Crippen molar-refractivity contribution in [3.05, 3.63) is 95.5 Å². The Labute approximate surface area is 148 Å².